The normalized spacial score (nSPS) is 23.5. The van der Waals surface area contributed by atoms with Crippen molar-refractivity contribution < 1.29 is 9.90 Å². The third-order valence-corrected chi connectivity index (χ3v) is 3.46. The summed E-state index contributed by atoms with van der Waals surface area (Å²) in [5.41, 5.74) is 7.64. The molecular formula is C14H20N2O2. The number of fused-ring (bicyclic) bond motifs is 1. The topological polar surface area (TPSA) is 75.4 Å². The monoisotopic (exact) mass is 248 g/mol. The second-order valence-electron chi connectivity index (χ2n) is 5.06. The van der Waals surface area contributed by atoms with Gasteiger partial charge in [-0.3, -0.25) is 4.79 Å². The number of hydrogen-bond acceptors (Lipinski definition) is 3. The number of aliphatic hydroxyl groups is 1. The molecule has 1 aliphatic carbocycles. The quantitative estimate of drug-likeness (QED) is 0.736. The lowest BCUT2D eigenvalue weighted by atomic mass is 10.1. The molecule has 0 radical (unpaired) electrons. The van der Waals surface area contributed by atoms with Crippen molar-refractivity contribution in [3.8, 4) is 0 Å². The van der Waals surface area contributed by atoms with E-state index >= 15 is 0 Å². The van der Waals surface area contributed by atoms with E-state index in [9.17, 15) is 9.90 Å². The summed E-state index contributed by atoms with van der Waals surface area (Å²) in [7, 11) is 0. The van der Waals surface area contributed by atoms with E-state index in [4.69, 9.17) is 5.73 Å². The minimum absolute atomic E-state index is 0.0475. The first-order valence-electron chi connectivity index (χ1n) is 6.37. The molecule has 18 heavy (non-hydrogen) atoms. The van der Waals surface area contributed by atoms with Crippen molar-refractivity contribution in [2.45, 2.75) is 31.9 Å². The van der Waals surface area contributed by atoms with Crippen molar-refractivity contribution >= 4 is 5.91 Å². The van der Waals surface area contributed by atoms with E-state index in [1.54, 1.807) is 0 Å². The molecule has 4 nitrogen and oxygen atoms in total. The predicted molar refractivity (Wildman–Crippen MR) is 69.9 cm³/mol. The van der Waals surface area contributed by atoms with Crippen LogP contribution in [0.1, 0.15) is 30.5 Å². The van der Waals surface area contributed by atoms with E-state index in [0.717, 1.165) is 11.1 Å². The molecule has 2 rings (SSSR count). The molecule has 0 heterocycles. The molecule has 0 saturated carbocycles. The summed E-state index contributed by atoms with van der Waals surface area (Å²) in [6.07, 6.45) is 0.481. The van der Waals surface area contributed by atoms with Gasteiger partial charge in [0, 0.05) is 12.8 Å². The fourth-order valence-corrected chi connectivity index (χ4v) is 2.38. The van der Waals surface area contributed by atoms with E-state index in [0.29, 0.717) is 19.4 Å². The number of amides is 1. The molecule has 0 bridgehead atoms. The molecule has 0 spiro atoms. The number of benzene rings is 1. The summed E-state index contributed by atoms with van der Waals surface area (Å²) in [5.74, 6) is 0.118. The third-order valence-electron chi connectivity index (χ3n) is 3.46. The van der Waals surface area contributed by atoms with Gasteiger partial charge >= 0.3 is 0 Å². The van der Waals surface area contributed by atoms with Crippen LogP contribution in [0.3, 0.4) is 0 Å². The van der Waals surface area contributed by atoms with Gasteiger partial charge in [-0.25, -0.2) is 0 Å². The second kappa shape index (κ2) is 5.50. The van der Waals surface area contributed by atoms with Crippen molar-refractivity contribution in [2.24, 2.45) is 11.7 Å². The van der Waals surface area contributed by atoms with Crippen LogP contribution in [-0.4, -0.2) is 23.7 Å². The Bertz CT molecular complexity index is 434. The number of aliphatic hydroxyl groups excluding tert-OH is 1. The zero-order chi connectivity index (χ0) is 13.1. The zero-order valence-electron chi connectivity index (χ0n) is 10.6. The average Bonchev–Trinajstić information content (AvgIpc) is 2.66. The highest BCUT2D eigenvalue weighted by Crippen LogP contribution is 2.31. The Morgan fingerprint density at radius 2 is 2.28 bits per heavy atom. The van der Waals surface area contributed by atoms with Gasteiger partial charge in [-0.15, -0.1) is 0 Å². The van der Waals surface area contributed by atoms with Gasteiger partial charge in [0.1, 0.15) is 0 Å². The van der Waals surface area contributed by atoms with Crippen molar-refractivity contribution in [3.05, 3.63) is 35.4 Å². The second-order valence-corrected chi connectivity index (χ2v) is 5.06. The number of carbonyl (C=O) groups is 1. The molecule has 4 N–H and O–H groups in total. The smallest absolute Gasteiger partial charge is 0.220 e. The maximum Gasteiger partial charge on any atom is 0.220 e. The Morgan fingerprint density at radius 3 is 3.00 bits per heavy atom. The van der Waals surface area contributed by atoms with Gasteiger partial charge in [-0.05, 0) is 23.6 Å². The van der Waals surface area contributed by atoms with Gasteiger partial charge in [-0.1, -0.05) is 31.2 Å². The van der Waals surface area contributed by atoms with Gasteiger partial charge in [0.25, 0.3) is 0 Å². The zero-order valence-corrected chi connectivity index (χ0v) is 10.6. The fraction of sp³-hybridized carbons (Fsp3) is 0.500. The van der Waals surface area contributed by atoms with Gasteiger partial charge in [0.15, 0.2) is 0 Å². The first kappa shape index (κ1) is 13.1. The average molecular weight is 248 g/mol. The summed E-state index contributed by atoms with van der Waals surface area (Å²) in [5, 5.41) is 12.9. The molecule has 0 saturated heterocycles. The highest BCUT2D eigenvalue weighted by atomic mass is 16.3. The van der Waals surface area contributed by atoms with Crippen LogP contribution < -0.4 is 11.1 Å². The molecule has 1 amide bonds. The van der Waals surface area contributed by atoms with E-state index in [1.165, 1.54) is 0 Å². The van der Waals surface area contributed by atoms with Crippen LogP contribution >= 0.6 is 0 Å². The minimum Gasteiger partial charge on any atom is -0.390 e. The van der Waals surface area contributed by atoms with Crippen LogP contribution in [0, 0.1) is 5.92 Å². The molecule has 0 aromatic heterocycles. The highest BCUT2D eigenvalue weighted by molar-refractivity contribution is 5.77. The van der Waals surface area contributed by atoms with Crippen LogP contribution in [0.25, 0.3) is 0 Å². The summed E-state index contributed by atoms with van der Waals surface area (Å²) < 4.78 is 0. The summed E-state index contributed by atoms with van der Waals surface area (Å²) >= 11 is 0. The number of carbonyl (C=O) groups excluding carboxylic acids is 1. The number of nitrogens with two attached hydrogens (primary N) is 1. The Hall–Kier alpha value is -1.39. The summed E-state index contributed by atoms with van der Waals surface area (Å²) in [4.78, 5) is 11.8. The molecular weight excluding hydrogens is 228 g/mol. The Morgan fingerprint density at radius 1 is 1.56 bits per heavy atom. The lowest BCUT2D eigenvalue weighted by molar-refractivity contribution is -0.123. The fourth-order valence-electron chi connectivity index (χ4n) is 2.38. The van der Waals surface area contributed by atoms with E-state index in [1.807, 2.05) is 31.2 Å². The molecule has 1 unspecified atom stereocenters. The maximum atomic E-state index is 11.8. The van der Waals surface area contributed by atoms with E-state index in [-0.39, 0.29) is 17.9 Å². The maximum absolute atomic E-state index is 11.8. The van der Waals surface area contributed by atoms with Crippen LogP contribution in [-0.2, 0) is 11.2 Å². The number of nitrogens with one attached hydrogen (secondary N) is 1. The van der Waals surface area contributed by atoms with Gasteiger partial charge in [0.2, 0.25) is 5.91 Å². The standard InChI is InChI=1S/C14H20N2O2/c1-9(8-15)6-13(18)16-14-11-5-3-2-4-10(11)7-12(14)17/h2-5,9,12,14,17H,6-8,15H2,1H3,(H,16,18)/t9?,12-,14+/m1/s1. The largest absolute Gasteiger partial charge is 0.390 e. The van der Waals surface area contributed by atoms with E-state index in [2.05, 4.69) is 5.32 Å². The van der Waals surface area contributed by atoms with Crippen LogP contribution in [0.2, 0.25) is 0 Å². The molecule has 98 valence electrons. The Balaban J connectivity index is 2.03. The molecule has 1 aromatic carbocycles. The van der Waals surface area contributed by atoms with Crippen molar-refractivity contribution in [1.29, 1.82) is 0 Å². The lowest BCUT2D eigenvalue weighted by Crippen LogP contribution is -2.35. The third kappa shape index (κ3) is 2.71. The predicted octanol–water partition coefficient (Wildman–Crippen LogP) is 0.746. The first-order valence-corrected chi connectivity index (χ1v) is 6.37. The minimum atomic E-state index is -0.528. The van der Waals surface area contributed by atoms with Gasteiger partial charge < -0.3 is 16.2 Å². The van der Waals surface area contributed by atoms with Gasteiger partial charge in [0.05, 0.1) is 12.1 Å². The van der Waals surface area contributed by atoms with E-state index < -0.39 is 6.10 Å². The molecule has 0 fully saturated rings. The number of rotatable bonds is 4. The van der Waals surface area contributed by atoms with Crippen molar-refractivity contribution in [1.82, 2.24) is 5.32 Å². The molecule has 3 atom stereocenters. The molecule has 1 aromatic rings. The van der Waals surface area contributed by atoms with Crippen LogP contribution in [0.4, 0.5) is 0 Å². The van der Waals surface area contributed by atoms with Crippen LogP contribution in [0.5, 0.6) is 0 Å². The summed E-state index contributed by atoms with van der Waals surface area (Å²) in [6.45, 7) is 2.44. The summed E-state index contributed by atoms with van der Waals surface area (Å²) in [6, 6.07) is 7.56. The van der Waals surface area contributed by atoms with Crippen LogP contribution in [0.15, 0.2) is 24.3 Å². The lowest BCUT2D eigenvalue weighted by Gasteiger charge is -2.19. The molecule has 0 aliphatic heterocycles. The first-order chi connectivity index (χ1) is 8.61. The highest BCUT2D eigenvalue weighted by Gasteiger charge is 2.31. The van der Waals surface area contributed by atoms with Crippen molar-refractivity contribution in [3.63, 3.8) is 0 Å². The molecule has 4 heteroatoms. The Kier molecular flexibility index (Phi) is 3.99. The number of hydrogen-bond donors (Lipinski definition) is 3. The van der Waals surface area contributed by atoms with Gasteiger partial charge in [-0.2, -0.15) is 0 Å². The van der Waals surface area contributed by atoms with Crippen molar-refractivity contribution in [2.75, 3.05) is 6.54 Å². The Labute approximate surface area is 107 Å². The SMILES string of the molecule is CC(CN)CC(=O)N[C@H]1c2ccccc2C[C@H]1O. The molecule has 1 aliphatic rings.